The normalized spacial score (nSPS) is 21.9. The largest absolute Gasteiger partial charge is 0.431 e. The fraction of sp³-hybridized carbons (Fsp3) is 0.600. The lowest BCUT2D eigenvalue weighted by Gasteiger charge is -2.32. The second kappa shape index (κ2) is 7.76. The molecular weight excluding hydrogens is 361 g/mol. The highest BCUT2D eigenvalue weighted by molar-refractivity contribution is 5.94. The summed E-state index contributed by atoms with van der Waals surface area (Å²) >= 11 is 0. The fourth-order valence-corrected chi connectivity index (χ4v) is 3.25. The van der Waals surface area contributed by atoms with Gasteiger partial charge in [0.05, 0.1) is 0 Å². The van der Waals surface area contributed by atoms with E-state index in [0.29, 0.717) is 13.1 Å². The minimum atomic E-state index is -4.64. The van der Waals surface area contributed by atoms with E-state index in [1.165, 1.54) is 0 Å². The Morgan fingerprint density at radius 1 is 1.16 bits per heavy atom. The molecule has 3 rings (SSSR count). The van der Waals surface area contributed by atoms with Crippen molar-refractivity contribution in [3.8, 4) is 0 Å². The molecule has 1 aromatic rings. The molecule has 1 aromatic heterocycles. The zero-order valence-corrected chi connectivity index (χ0v) is 14.3. The van der Waals surface area contributed by atoms with Crippen LogP contribution in [-0.4, -0.2) is 66.0 Å². The first-order valence-electron chi connectivity index (χ1n) is 7.91. The predicted octanol–water partition coefficient (Wildman–Crippen LogP) is 0.935. The molecule has 0 saturated carbocycles. The Hall–Kier alpha value is -1.58. The monoisotopic (exact) mass is 380 g/mol. The van der Waals surface area contributed by atoms with Crippen LogP contribution in [0.3, 0.4) is 0 Å². The molecule has 1 atom stereocenters. The van der Waals surface area contributed by atoms with Gasteiger partial charge in [0.2, 0.25) is 0 Å². The highest BCUT2D eigenvalue weighted by atomic mass is 35.5. The molecule has 0 spiro atoms. The van der Waals surface area contributed by atoms with Gasteiger partial charge in [0.1, 0.15) is 11.3 Å². The maximum Gasteiger partial charge on any atom is 0.431 e. The molecule has 10 heteroatoms. The molecule has 2 aliphatic heterocycles. The summed E-state index contributed by atoms with van der Waals surface area (Å²) in [5.41, 5.74) is -2.39. The zero-order chi connectivity index (χ0) is 17.3. The Balaban J connectivity index is 0.00000225. The number of likely N-dealkylation sites (tertiary alicyclic amines) is 1. The number of hydrogen-bond donors (Lipinski definition) is 2. The first kappa shape index (κ1) is 19.7. The molecule has 2 aliphatic rings. The number of halogens is 4. The van der Waals surface area contributed by atoms with E-state index < -0.39 is 23.3 Å². The van der Waals surface area contributed by atoms with Crippen molar-refractivity contribution < 1.29 is 18.0 Å². The Bertz CT molecular complexity index is 673. The number of amides is 1. The third-order valence-electron chi connectivity index (χ3n) is 4.56. The van der Waals surface area contributed by atoms with Gasteiger partial charge in [-0.2, -0.15) is 13.2 Å². The van der Waals surface area contributed by atoms with Gasteiger partial charge >= 0.3 is 6.18 Å². The van der Waals surface area contributed by atoms with Crippen molar-refractivity contribution in [3.63, 3.8) is 0 Å². The summed E-state index contributed by atoms with van der Waals surface area (Å²) in [6.07, 6.45) is -3.83. The number of aromatic nitrogens is 1. The van der Waals surface area contributed by atoms with Gasteiger partial charge in [0, 0.05) is 45.3 Å². The van der Waals surface area contributed by atoms with Crippen LogP contribution in [0.4, 0.5) is 13.2 Å². The molecule has 2 fully saturated rings. The Morgan fingerprint density at radius 2 is 1.84 bits per heavy atom. The number of H-pyrrole nitrogens is 1. The van der Waals surface area contributed by atoms with E-state index >= 15 is 0 Å². The van der Waals surface area contributed by atoms with E-state index in [-0.39, 0.29) is 24.0 Å². The Morgan fingerprint density at radius 3 is 2.44 bits per heavy atom. The zero-order valence-electron chi connectivity index (χ0n) is 13.4. The van der Waals surface area contributed by atoms with Gasteiger partial charge in [-0.25, -0.2) is 0 Å². The number of carbonyl (C=O) groups is 1. The fourth-order valence-electron chi connectivity index (χ4n) is 3.25. The SMILES string of the molecule is Cl.O=C(c1ccc(C(F)(F)F)[nH]c1=O)N1CCC(N2CCNCC2)C1. The Kier molecular flexibility index (Phi) is 6.12. The smallest absolute Gasteiger partial charge is 0.337 e. The van der Waals surface area contributed by atoms with Gasteiger partial charge < -0.3 is 15.2 Å². The van der Waals surface area contributed by atoms with Crippen LogP contribution in [0.1, 0.15) is 22.5 Å². The van der Waals surface area contributed by atoms with E-state index in [2.05, 4.69) is 10.2 Å². The molecule has 2 saturated heterocycles. The lowest BCUT2D eigenvalue weighted by molar-refractivity contribution is -0.141. The van der Waals surface area contributed by atoms with Gasteiger partial charge in [-0.15, -0.1) is 12.4 Å². The summed E-state index contributed by atoms with van der Waals surface area (Å²) in [5, 5.41) is 3.26. The van der Waals surface area contributed by atoms with Crippen molar-refractivity contribution in [2.24, 2.45) is 0 Å². The summed E-state index contributed by atoms with van der Waals surface area (Å²) in [6, 6.07) is 1.94. The first-order chi connectivity index (χ1) is 11.4. The highest BCUT2D eigenvalue weighted by Crippen LogP contribution is 2.26. The number of piperazine rings is 1. The predicted molar refractivity (Wildman–Crippen MR) is 88.1 cm³/mol. The third-order valence-corrected chi connectivity index (χ3v) is 4.56. The maximum atomic E-state index is 12.6. The second-order valence-electron chi connectivity index (χ2n) is 6.09. The van der Waals surface area contributed by atoms with Gasteiger partial charge in [-0.05, 0) is 18.6 Å². The maximum absolute atomic E-state index is 12.6. The summed E-state index contributed by atoms with van der Waals surface area (Å²) in [4.78, 5) is 29.9. The van der Waals surface area contributed by atoms with Crippen LogP contribution in [0.5, 0.6) is 0 Å². The molecule has 1 amide bonds. The van der Waals surface area contributed by atoms with Crippen molar-refractivity contribution in [2.75, 3.05) is 39.3 Å². The van der Waals surface area contributed by atoms with Crippen LogP contribution in [0.2, 0.25) is 0 Å². The third kappa shape index (κ3) is 4.34. The van der Waals surface area contributed by atoms with Gasteiger partial charge in [0.25, 0.3) is 11.5 Å². The number of nitrogens with zero attached hydrogens (tertiary/aromatic N) is 2. The van der Waals surface area contributed by atoms with Crippen LogP contribution < -0.4 is 10.9 Å². The molecule has 0 aromatic carbocycles. The number of carbonyl (C=O) groups excluding carboxylic acids is 1. The molecule has 1 unspecified atom stereocenters. The van der Waals surface area contributed by atoms with E-state index in [9.17, 15) is 22.8 Å². The van der Waals surface area contributed by atoms with Crippen LogP contribution in [-0.2, 0) is 6.18 Å². The molecule has 0 aliphatic carbocycles. The van der Waals surface area contributed by atoms with Crippen LogP contribution in [0.15, 0.2) is 16.9 Å². The van der Waals surface area contributed by atoms with Crippen LogP contribution in [0, 0.1) is 0 Å². The average molecular weight is 381 g/mol. The molecule has 6 nitrogen and oxygen atoms in total. The molecular formula is C15H20ClF3N4O2. The quantitative estimate of drug-likeness (QED) is 0.801. The lowest BCUT2D eigenvalue weighted by atomic mass is 10.2. The second-order valence-corrected chi connectivity index (χ2v) is 6.09. The standard InChI is InChI=1S/C15H19F3N4O2.ClH/c16-15(17,18)12-2-1-11(13(23)20-12)14(24)22-6-3-10(9-22)21-7-4-19-5-8-21;/h1-2,10,19H,3-9H2,(H,20,23);1H. The Labute approximate surface area is 148 Å². The summed E-state index contributed by atoms with van der Waals surface area (Å²) in [6.45, 7) is 4.64. The highest BCUT2D eigenvalue weighted by Gasteiger charge is 2.34. The number of alkyl halides is 3. The minimum absolute atomic E-state index is 0. The summed E-state index contributed by atoms with van der Waals surface area (Å²) < 4.78 is 37.7. The number of hydrogen-bond acceptors (Lipinski definition) is 4. The number of aromatic amines is 1. The molecule has 0 radical (unpaired) electrons. The molecule has 140 valence electrons. The number of nitrogens with one attached hydrogen (secondary N) is 2. The molecule has 25 heavy (non-hydrogen) atoms. The van der Waals surface area contributed by atoms with Crippen molar-refractivity contribution in [3.05, 3.63) is 33.7 Å². The van der Waals surface area contributed by atoms with E-state index in [1.54, 1.807) is 9.88 Å². The number of pyridine rings is 1. The lowest BCUT2D eigenvalue weighted by Crippen LogP contribution is -2.49. The van der Waals surface area contributed by atoms with Gasteiger partial charge in [-0.1, -0.05) is 0 Å². The number of rotatable bonds is 2. The van der Waals surface area contributed by atoms with E-state index in [0.717, 1.165) is 44.7 Å². The summed E-state index contributed by atoms with van der Waals surface area (Å²) in [7, 11) is 0. The minimum Gasteiger partial charge on any atom is -0.337 e. The van der Waals surface area contributed by atoms with Crippen molar-refractivity contribution in [1.29, 1.82) is 0 Å². The van der Waals surface area contributed by atoms with Crippen molar-refractivity contribution in [2.45, 2.75) is 18.6 Å². The van der Waals surface area contributed by atoms with Crippen LogP contribution >= 0.6 is 12.4 Å². The van der Waals surface area contributed by atoms with E-state index in [1.807, 2.05) is 0 Å². The van der Waals surface area contributed by atoms with Gasteiger partial charge in [-0.3, -0.25) is 14.5 Å². The molecule has 3 heterocycles. The molecule has 2 N–H and O–H groups in total. The van der Waals surface area contributed by atoms with E-state index in [4.69, 9.17) is 0 Å². The van der Waals surface area contributed by atoms with Crippen molar-refractivity contribution >= 4 is 18.3 Å². The summed E-state index contributed by atoms with van der Waals surface area (Å²) in [5.74, 6) is -0.511. The first-order valence-corrected chi connectivity index (χ1v) is 7.91. The van der Waals surface area contributed by atoms with Crippen LogP contribution in [0.25, 0.3) is 0 Å². The topological polar surface area (TPSA) is 68.4 Å². The molecule has 0 bridgehead atoms. The average Bonchev–Trinajstić information content (AvgIpc) is 3.04. The van der Waals surface area contributed by atoms with Gasteiger partial charge in [0.15, 0.2) is 0 Å². The van der Waals surface area contributed by atoms with Crippen molar-refractivity contribution in [1.82, 2.24) is 20.1 Å².